The highest BCUT2D eigenvalue weighted by molar-refractivity contribution is 5.78. The molecule has 9 heteroatoms. The second kappa shape index (κ2) is 4.33. The summed E-state index contributed by atoms with van der Waals surface area (Å²) in [5, 5.41) is 0. The first-order valence-electron chi connectivity index (χ1n) is 6.67. The molecular formula is C13H16N6O3. The van der Waals surface area contributed by atoms with Gasteiger partial charge < -0.3 is 10.3 Å². The number of hydrogen-bond donors (Lipinski definition) is 1. The van der Waals surface area contributed by atoms with Gasteiger partial charge in [0.05, 0.1) is 0 Å². The van der Waals surface area contributed by atoms with E-state index >= 15 is 0 Å². The first-order chi connectivity index (χ1) is 10.3. The molecule has 116 valence electrons. The standard InChI is InChI=1S/C13H16N6O3/c1-6-7(2)19-9-10(15-12(19)18(6)5-8(14)20)16(3)13(22)17(4)11(9)21/h5H2,1-4H3,(H2,14,20). The predicted molar refractivity (Wildman–Crippen MR) is 79.8 cm³/mol. The molecule has 0 fully saturated rings. The fourth-order valence-electron chi connectivity index (χ4n) is 2.74. The summed E-state index contributed by atoms with van der Waals surface area (Å²) in [4.78, 5) is 40.1. The van der Waals surface area contributed by atoms with Gasteiger partial charge in [-0.05, 0) is 13.8 Å². The van der Waals surface area contributed by atoms with Crippen LogP contribution in [0.2, 0.25) is 0 Å². The number of aryl methyl sites for hydroxylation is 2. The van der Waals surface area contributed by atoms with E-state index in [2.05, 4.69) is 4.98 Å². The Labute approximate surface area is 124 Å². The molecule has 3 aromatic heterocycles. The Morgan fingerprint density at radius 1 is 1.14 bits per heavy atom. The number of amides is 1. The summed E-state index contributed by atoms with van der Waals surface area (Å²) >= 11 is 0. The molecule has 1 amide bonds. The lowest BCUT2D eigenvalue weighted by Crippen LogP contribution is -2.37. The van der Waals surface area contributed by atoms with Gasteiger partial charge in [0.25, 0.3) is 5.56 Å². The highest BCUT2D eigenvalue weighted by Crippen LogP contribution is 2.20. The van der Waals surface area contributed by atoms with Crippen molar-refractivity contribution in [1.29, 1.82) is 0 Å². The number of nitrogens with two attached hydrogens (primary N) is 1. The molecule has 0 spiro atoms. The van der Waals surface area contributed by atoms with Crippen molar-refractivity contribution in [2.24, 2.45) is 19.8 Å². The number of nitrogens with zero attached hydrogens (tertiary/aromatic N) is 5. The van der Waals surface area contributed by atoms with Gasteiger partial charge in [0.15, 0.2) is 11.2 Å². The summed E-state index contributed by atoms with van der Waals surface area (Å²) in [7, 11) is 2.98. The van der Waals surface area contributed by atoms with Gasteiger partial charge in [0.1, 0.15) is 6.54 Å². The Bertz CT molecular complexity index is 1060. The van der Waals surface area contributed by atoms with Gasteiger partial charge in [-0.25, -0.2) is 4.79 Å². The fraction of sp³-hybridized carbons (Fsp3) is 0.385. The average Bonchev–Trinajstić information content (AvgIpc) is 2.95. The summed E-state index contributed by atoms with van der Waals surface area (Å²) < 4.78 is 5.65. The van der Waals surface area contributed by atoms with Crippen LogP contribution in [0.1, 0.15) is 11.4 Å². The third kappa shape index (κ3) is 1.59. The van der Waals surface area contributed by atoms with E-state index in [1.807, 2.05) is 13.8 Å². The van der Waals surface area contributed by atoms with E-state index in [-0.39, 0.29) is 12.2 Å². The van der Waals surface area contributed by atoms with Gasteiger partial charge in [-0.15, -0.1) is 0 Å². The highest BCUT2D eigenvalue weighted by Gasteiger charge is 2.22. The molecule has 22 heavy (non-hydrogen) atoms. The molecule has 0 atom stereocenters. The molecule has 3 heterocycles. The van der Waals surface area contributed by atoms with Crippen LogP contribution in [-0.2, 0) is 25.4 Å². The normalized spacial score (nSPS) is 11.6. The number of primary amides is 1. The van der Waals surface area contributed by atoms with Crippen LogP contribution in [0, 0.1) is 13.8 Å². The molecule has 2 N–H and O–H groups in total. The van der Waals surface area contributed by atoms with Crippen LogP contribution in [0.3, 0.4) is 0 Å². The Morgan fingerprint density at radius 3 is 2.36 bits per heavy atom. The van der Waals surface area contributed by atoms with Crippen LogP contribution in [-0.4, -0.2) is 29.0 Å². The lowest BCUT2D eigenvalue weighted by Gasteiger charge is -2.04. The van der Waals surface area contributed by atoms with Crippen LogP contribution < -0.4 is 17.0 Å². The van der Waals surface area contributed by atoms with Gasteiger partial charge in [0, 0.05) is 25.5 Å². The first-order valence-corrected chi connectivity index (χ1v) is 6.67. The molecule has 0 aliphatic carbocycles. The van der Waals surface area contributed by atoms with Crippen molar-refractivity contribution in [3.05, 3.63) is 32.2 Å². The minimum absolute atomic E-state index is 0.0409. The number of imidazole rings is 2. The molecule has 3 aromatic rings. The Balaban J connectivity index is 2.61. The molecule has 0 aliphatic heterocycles. The molecule has 9 nitrogen and oxygen atoms in total. The van der Waals surface area contributed by atoms with Crippen LogP contribution >= 0.6 is 0 Å². The zero-order chi connectivity index (χ0) is 16.3. The van der Waals surface area contributed by atoms with E-state index in [0.717, 1.165) is 16.0 Å². The van der Waals surface area contributed by atoms with Crippen molar-refractivity contribution in [1.82, 2.24) is 23.1 Å². The van der Waals surface area contributed by atoms with E-state index in [1.54, 1.807) is 16.0 Å². The van der Waals surface area contributed by atoms with Crippen LogP contribution in [0.5, 0.6) is 0 Å². The predicted octanol–water partition coefficient (Wildman–Crippen LogP) is -1.21. The molecule has 0 radical (unpaired) electrons. The van der Waals surface area contributed by atoms with Gasteiger partial charge in [-0.3, -0.25) is 23.1 Å². The van der Waals surface area contributed by atoms with E-state index in [9.17, 15) is 14.4 Å². The molecule has 0 saturated carbocycles. The van der Waals surface area contributed by atoms with E-state index in [4.69, 9.17) is 5.73 Å². The number of carbonyl (C=O) groups is 1. The quantitative estimate of drug-likeness (QED) is 0.640. The van der Waals surface area contributed by atoms with Crippen molar-refractivity contribution in [3.8, 4) is 0 Å². The number of carbonyl (C=O) groups excluding carboxylic acids is 1. The maximum absolute atomic E-state index is 12.5. The van der Waals surface area contributed by atoms with Gasteiger partial charge in [-0.1, -0.05) is 0 Å². The van der Waals surface area contributed by atoms with Crippen LogP contribution in [0.4, 0.5) is 0 Å². The lowest BCUT2D eigenvalue weighted by molar-refractivity contribution is -0.118. The van der Waals surface area contributed by atoms with Crippen molar-refractivity contribution < 1.29 is 4.79 Å². The van der Waals surface area contributed by atoms with Gasteiger partial charge in [0.2, 0.25) is 11.7 Å². The fourth-order valence-corrected chi connectivity index (χ4v) is 2.74. The van der Waals surface area contributed by atoms with Crippen molar-refractivity contribution in [3.63, 3.8) is 0 Å². The Morgan fingerprint density at radius 2 is 1.77 bits per heavy atom. The zero-order valence-corrected chi connectivity index (χ0v) is 12.7. The summed E-state index contributed by atoms with van der Waals surface area (Å²) in [5.41, 5.74) is 6.56. The van der Waals surface area contributed by atoms with E-state index in [1.165, 1.54) is 11.6 Å². The Kier molecular flexibility index (Phi) is 2.77. The summed E-state index contributed by atoms with van der Waals surface area (Å²) in [5.74, 6) is -0.0865. The van der Waals surface area contributed by atoms with Crippen molar-refractivity contribution in [2.75, 3.05) is 0 Å². The third-order valence-corrected chi connectivity index (χ3v) is 4.06. The Hall–Kier alpha value is -2.84. The van der Waals surface area contributed by atoms with E-state index in [0.29, 0.717) is 11.3 Å². The summed E-state index contributed by atoms with van der Waals surface area (Å²) in [6.45, 7) is 3.61. The zero-order valence-electron chi connectivity index (χ0n) is 12.7. The molecular weight excluding hydrogens is 288 g/mol. The SMILES string of the molecule is Cc1c(C)n2c3c(=O)n(C)c(=O)n(C)c3nc2n1CC(N)=O. The van der Waals surface area contributed by atoms with Gasteiger partial charge in [-0.2, -0.15) is 4.98 Å². The highest BCUT2D eigenvalue weighted by atomic mass is 16.2. The maximum atomic E-state index is 12.5. The first kappa shape index (κ1) is 14.1. The lowest BCUT2D eigenvalue weighted by atomic mass is 10.3. The monoisotopic (exact) mass is 304 g/mol. The van der Waals surface area contributed by atoms with Crippen LogP contribution in [0.25, 0.3) is 16.9 Å². The number of rotatable bonds is 2. The number of hydrogen-bond acceptors (Lipinski definition) is 4. The van der Waals surface area contributed by atoms with Crippen LogP contribution in [0.15, 0.2) is 9.59 Å². The molecule has 0 aliphatic rings. The average molecular weight is 304 g/mol. The van der Waals surface area contributed by atoms with Crippen molar-refractivity contribution >= 4 is 22.8 Å². The minimum atomic E-state index is -0.505. The second-order valence-corrected chi connectivity index (χ2v) is 5.35. The molecule has 0 saturated heterocycles. The summed E-state index contributed by atoms with van der Waals surface area (Å²) in [6.07, 6.45) is 0. The van der Waals surface area contributed by atoms with E-state index < -0.39 is 17.2 Å². The topological polar surface area (TPSA) is 109 Å². The third-order valence-electron chi connectivity index (χ3n) is 4.06. The molecule has 0 aromatic carbocycles. The smallest absolute Gasteiger partial charge is 0.332 e. The second-order valence-electron chi connectivity index (χ2n) is 5.35. The molecule has 3 rings (SSSR count). The molecule has 0 unspecified atom stereocenters. The number of fused-ring (bicyclic) bond motifs is 3. The van der Waals surface area contributed by atoms with Gasteiger partial charge >= 0.3 is 5.69 Å². The number of aromatic nitrogens is 5. The van der Waals surface area contributed by atoms with Crippen molar-refractivity contribution in [2.45, 2.75) is 20.4 Å². The molecule has 0 bridgehead atoms. The largest absolute Gasteiger partial charge is 0.368 e. The maximum Gasteiger partial charge on any atom is 0.332 e. The minimum Gasteiger partial charge on any atom is -0.368 e. The summed E-state index contributed by atoms with van der Waals surface area (Å²) in [6, 6.07) is 0.